The number of β-amino-alcohol motifs (C(OH)–C–C–N with tert-alkyl or cyclic N) is 1. The van der Waals surface area contributed by atoms with E-state index < -0.39 is 6.10 Å². The monoisotopic (exact) mass is 288 g/mol. The highest BCUT2D eigenvalue weighted by molar-refractivity contribution is 5.36. The summed E-state index contributed by atoms with van der Waals surface area (Å²) >= 11 is 0. The first-order valence-electron chi connectivity index (χ1n) is 7.67. The molecule has 114 valence electrons. The number of piperidine rings is 1. The Morgan fingerprint density at radius 1 is 1.38 bits per heavy atom. The molecule has 2 rings (SSSR count). The van der Waals surface area contributed by atoms with Crippen molar-refractivity contribution in [2.45, 2.75) is 51.3 Å². The van der Waals surface area contributed by atoms with E-state index >= 15 is 0 Å². The van der Waals surface area contributed by atoms with Gasteiger partial charge >= 0.3 is 0 Å². The third kappa shape index (κ3) is 4.45. The lowest BCUT2D eigenvalue weighted by atomic mass is 9.97. The number of nitriles is 1. The van der Waals surface area contributed by atoms with Crippen LogP contribution in [0.15, 0.2) is 24.3 Å². The molecule has 3 atom stereocenters. The summed E-state index contributed by atoms with van der Waals surface area (Å²) < 4.78 is 5.59. The van der Waals surface area contributed by atoms with Gasteiger partial charge < -0.3 is 9.84 Å². The molecule has 1 fully saturated rings. The fourth-order valence-corrected chi connectivity index (χ4v) is 2.98. The Hall–Kier alpha value is -1.57. The average Bonchev–Trinajstić information content (AvgIpc) is 2.49. The van der Waals surface area contributed by atoms with Crippen LogP contribution in [0.25, 0.3) is 0 Å². The van der Waals surface area contributed by atoms with Crippen molar-refractivity contribution in [2.24, 2.45) is 0 Å². The van der Waals surface area contributed by atoms with E-state index in [0.717, 1.165) is 0 Å². The van der Waals surface area contributed by atoms with E-state index in [0.29, 0.717) is 29.9 Å². The smallest absolute Gasteiger partial charge is 0.120 e. The van der Waals surface area contributed by atoms with E-state index in [1.807, 2.05) is 0 Å². The van der Waals surface area contributed by atoms with Gasteiger partial charge in [0.25, 0.3) is 0 Å². The summed E-state index contributed by atoms with van der Waals surface area (Å²) in [7, 11) is 0. The number of hydrogen-bond acceptors (Lipinski definition) is 4. The maximum absolute atomic E-state index is 10.2. The second-order valence-corrected chi connectivity index (χ2v) is 5.93. The van der Waals surface area contributed by atoms with Crippen LogP contribution in [0.5, 0.6) is 5.75 Å². The van der Waals surface area contributed by atoms with Crippen LogP contribution in [0.4, 0.5) is 0 Å². The number of aliphatic hydroxyl groups excluding tert-OH is 1. The van der Waals surface area contributed by atoms with Crippen molar-refractivity contribution in [3.05, 3.63) is 29.8 Å². The molecule has 0 radical (unpaired) electrons. The minimum atomic E-state index is -0.515. The van der Waals surface area contributed by atoms with Crippen molar-refractivity contribution >= 4 is 0 Å². The van der Waals surface area contributed by atoms with Gasteiger partial charge in [-0.1, -0.05) is 12.5 Å². The maximum atomic E-state index is 10.2. The molecule has 0 bridgehead atoms. The molecule has 1 saturated heterocycles. The molecule has 1 N–H and O–H groups in total. The van der Waals surface area contributed by atoms with Crippen molar-refractivity contribution < 1.29 is 9.84 Å². The molecule has 0 saturated carbocycles. The highest BCUT2D eigenvalue weighted by Gasteiger charge is 2.26. The van der Waals surface area contributed by atoms with Crippen LogP contribution in [0.3, 0.4) is 0 Å². The van der Waals surface area contributed by atoms with Crippen LogP contribution in [0, 0.1) is 11.3 Å². The van der Waals surface area contributed by atoms with Crippen LogP contribution < -0.4 is 4.74 Å². The van der Waals surface area contributed by atoms with Crippen LogP contribution in [0.2, 0.25) is 0 Å². The van der Waals surface area contributed by atoms with Gasteiger partial charge in [-0.2, -0.15) is 5.26 Å². The molecule has 1 heterocycles. The first-order valence-corrected chi connectivity index (χ1v) is 7.67. The number of aliphatic hydroxyl groups is 1. The number of hydrogen-bond donors (Lipinski definition) is 1. The fourth-order valence-electron chi connectivity index (χ4n) is 2.98. The molecule has 0 aliphatic carbocycles. The van der Waals surface area contributed by atoms with Gasteiger partial charge in [0.15, 0.2) is 0 Å². The molecular weight excluding hydrogens is 264 g/mol. The first kappa shape index (κ1) is 15.8. The summed E-state index contributed by atoms with van der Waals surface area (Å²) in [5.41, 5.74) is 0.570. The van der Waals surface area contributed by atoms with Gasteiger partial charge in [-0.15, -0.1) is 0 Å². The zero-order valence-electron chi connectivity index (χ0n) is 12.8. The van der Waals surface area contributed by atoms with E-state index in [2.05, 4.69) is 24.8 Å². The largest absolute Gasteiger partial charge is 0.491 e. The Bertz CT molecular complexity index is 488. The van der Waals surface area contributed by atoms with E-state index in [1.54, 1.807) is 24.3 Å². The lowest BCUT2D eigenvalue weighted by molar-refractivity contribution is 0.0209. The Morgan fingerprint density at radius 3 is 2.76 bits per heavy atom. The van der Waals surface area contributed by atoms with E-state index in [4.69, 9.17) is 10.00 Å². The van der Waals surface area contributed by atoms with Gasteiger partial charge in [-0.25, -0.2) is 0 Å². The topological polar surface area (TPSA) is 56.5 Å². The van der Waals surface area contributed by atoms with Crippen LogP contribution in [-0.4, -0.2) is 41.3 Å². The standard InChI is InChI=1S/C17H24N2O2/c1-13-5-3-6-14(2)19(13)11-16(20)12-21-17-8-4-7-15(9-17)10-18/h4,7-9,13-14,16,20H,3,5-6,11-12H2,1-2H3/t13-,14+,16?. The molecule has 0 amide bonds. The third-order valence-corrected chi connectivity index (χ3v) is 4.20. The maximum Gasteiger partial charge on any atom is 0.120 e. The van der Waals surface area contributed by atoms with Gasteiger partial charge in [0.2, 0.25) is 0 Å². The summed E-state index contributed by atoms with van der Waals surface area (Å²) in [6.45, 7) is 5.34. The molecule has 21 heavy (non-hydrogen) atoms. The molecule has 1 aliphatic heterocycles. The van der Waals surface area contributed by atoms with Crippen LogP contribution >= 0.6 is 0 Å². The van der Waals surface area contributed by atoms with Gasteiger partial charge in [0.05, 0.1) is 11.6 Å². The normalized spacial score (nSPS) is 24.3. The first-order chi connectivity index (χ1) is 10.1. The fraction of sp³-hybridized carbons (Fsp3) is 0.588. The van der Waals surface area contributed by atoms with Gasteiger partial charge in [0.1, 0.15) is 18.5 Å². The molecule has 0 aromatic heterocycles. The third-order valence-electron chi connectivity index (χ3n) is 4.20. The number of rotatable bonds is 5. The predicted molar refractivity (Wildman–Crippen MR) is 82.1 cm³/mol. The molecular formula is C17H24N2O2. The van der Waals surface area contributed by atoms with Gasteiger partial charge in [0, 0.05) is 18.6 Å². The highest BCUT2D eigenvalue weighted by Crippen LogP contribution is 2.22. The molecule has 4 nitrogen and oxygen atoms in total. The number of benzene rings is 1. The number of likely N-dealkylation sites (tertiary alicyclic amines) is 1. The summed E-state index contributed by atoms with van der Waals surface area (Å²) in [6, 6.07) is 10.1. The predicted octanol–water partition coefficient (Wildman–Crippen LogP) is 2.56. The molecule has 0 spiro atoms. The zero-order chi connectivity index (χ0) is 15.2. The number of ether oxygens (including phenoxy) is 1. The minimum Gasteiger partial charge on any atom is -0.491 e. The summed E-state index contributed by atoms with van der Waals surface area (Å²) in [5.74, 6) is 0.632. The highest BCUT2D eigenvalue weighted by atomic mass is 16.5. The molecule has 1 aliphatic rings. The minimum absolute atomic E-state index is 0.255. The van der Waals surface area contributed by atoms with E-state index in [1.165, 1.54) is 19.3 Å². The molecule has 4 heteroatoms. The average molecular weight is 288 g/mol. The quantitative estimate of drug-likeness (QED) is 0.904. The molecule has 1 unspecified atom stereocenters. The van der Waals surface area contributed by atoms with Crippen molar-refractivity contribution in [2.75, 3.05) is 13.2 Å². The van der Waals surface area contributed by atoms with Crippen molar-refractivity contribution in [1.82, 2.24) is 4.90 Å². The second kappa shape index (κ2) is 7.44. The van der Waals surface area contributed by atoms with E-state index in [9.17, 15) is 5.11 Å². The second-order valence-electron chi connectivity index (χ2n) is 5.93. The van der Waals surface area contributed by atoms with Gasteiger partial charge in [-0.05, 0) is 44.9 Å². The SMILES string of the molecule is C[C@@H]1CCC[C@H](C)N1CC(O)COc1cccc(C#N)c1. The Kier molecular flexibility index (Phi) is 5.60. The summed E-state index contributed by atoms with van der Waals surface area (Å²) in [4.78, 5) is 2.36. The summed E-state index contributed by atoms with van der Waals surface area (Å²) in [5, 5.41) is 19.0. The lowest BCUT2D eigenvalue weighted by Gasteiger charge is -2.40. The van der Waals surface area contributed by atoms with Crippen molar-refractivity contribution in [1.29, 1.82) is 5.26 Å². The van der Waals surface area contributed by atoms with E-state index in [-0.39, 0.29) is 6.61 Å². The van der Waals surface area contributed by atoms with Crippen LogP contribution in [-0.2, 0) is 0 Å². The zero-order valence-corrected chi connectivity index (χ0v) is 12.8. The van der Waals surface area contributed by atoms with Crippen LogP contribution in [0.1, 0.15) is 38.7 Å². The number of nitrogens with zero attached hydrogens (tertiary/aromatic N) is 2. The Labute approximate surface area is 127 Å². The Morgan fingerprint density at radius 2 is 2.10 bits per heavy atom. The lowest BCUT2D eigenvalue weighted by Crippen LogP contribution is -2.48. The Balaban J connectivity index is 1.84. The van der Waals surface area contributed by atoms with Gasteiger partial charge in [-0.3, -0.25) is 4.90 Å². The van der Waals surface area contributed by atoms with Crippen molar-refractivity contribution in [3.8, 4) is 11.8 Å². The molecule has 1 aromatic rings. The van der Waals surface area contributed by atoms with Crippen molar-refractivity contribution in [3.63, 3.8) is 0 Å². The summed E-state index contributed by atoms with van der Waals surface area (Å²) in [6.07, 6.45) is 3.15. The molecule has 1 aromatic carbocycles.